The van der Waals surface area contributed by atoms with Crippen LogP contribution in [0.25, 0.3) is 0 Å². The molecule has 66 valence electrons. The zero-order chi connectivity index (χ0) is 15.2. The minimum atomic E-state index is -3.07. The highest BCUT2D eigenvalue weighted by molar-refractivity contribution is 5.28. The average molecular weight is 174 g/mol. The Morgan fingerprint density at radius 1 is 1.83 bits per heavy atom. The van der Waals surface area contributed by atoms with Gasteiger partial charge in [0.2, 0.25) is 0 Å². The molecule has 3 heteroatoms. The van der Waals surface area contributed by atoms with Crippen molar-refractivity contribution in [2.75, 3.05) is 13.5 Å². The fourth-order valence-electron chi connectivity index (χ4n) is 0.633. The largest absolute Gasteiger partial charge is 0.508 e. The summed E-state index contributed by atoms with van der Waals surface area (Å²) in [7, 11) is 1.13. The Hall–Kier alpha value is -1.06. The second kappa shape index (κ2) is 4.09. The van der Waals surface area contributed by atoms with Crippen molar-refractivity contribution in [2.45, 2.75) is 6.08 Å². The maximum Gasteiger partial charge on any atom is 0.115 e. The van der Waals surface area contributed by atoms with Crippen LogP contribution in [0.2, 0.25) is 0 Å². The van der Waals surface area contributed by atoms with Gasteiger partial charge in [-0.1, -0.05) is 12.1 Å². The number of hydrogen-bond acceptors (Lipinski definition) is 3. The van der Waals surface area contributed by atoms with E-state index in [1.54, 1.807) is 0 Å². The van der Waals surface area contributed by atoms with Gasteiger partial charge < -0.3 is 15.5 Å². The Morgan fingerprint density at radius 2 is 2.58 bits per heavy atom. The first kappa shape index (κ1) is 3.36. The maximum atomic E-state index is 9.95. The molecule has 0 aliphatic carbocycles. The first-order valence-corrected chi connectivity index (χ1v) is 3.20. The van der Waals surface area contributed by atoms with Crippen molar-refractivity contribution in [1.29, 1.82) is 0 Å². The quantitative estimate of drug-likeness (QED) is 0.630. The monoisotopic (exact) mass is 174 g/mol. The third kappa shape index (κ3) is 2.22. The van der Waals surface area contributed by atoms with Crippen molar-refractivity contribution in [3.05, 3.63) is 29.7 Å². The third-order valence-electron chi connectivity index (χ3n) is 1.09. The van der Waals surface area contributed by atoms with E-state index in [-0.39, 0.29) is 0 Å². The molecule has 0 aliphatic heterocycles. The molecule has 0 bridgehead atoms. The lowest BCUT2D eigenvalue weighted by Gasteiger charge is -2.09. The minimum absolute atomic E-state index is 0.778. The maximum absolute atomic E-state index is 9.95. The second-order valence-electron chi connectivity index (χ2n) is 1.95. The van der Waals surface area contributed by atoms with E-state index >= 15 is 0 Å². The summed E-state index contributed by atoms with van der Waals surface area (Å²) in [4.78, 5) is 0. The summed E-state index contributed by atoms with van der Waals surface area (Å²) in [5, 5.41) is 21.5. The fraction of sp³-hybridized carbons (Fsp3) is 0.333. The van der Waals surface area contributed by atoms with Gasteiger partial charge in [-0.05, 0) is 24.7 Å². The second-order valence-corrected chi connectivity index (χ2v) is 1.95. The summed E-state index contributed by atoms with van der Waals surface area (Å²) in [6, 6.07) is -3.33. The van der Waals surface area contributed by atoms with E-state index in [1.807, 2.05) is 5.32 Å². The molecule has 1 rings (SSSR count). The van der Waals surface area contributed by atoms with Crippen LogP contribution in [0.3, 0.4) is 0 Å². The van der Waals surface area contributed by atoms with E-state index in [0.29, 0.717) is 0 Å². The lowest BCUT2D eigenvalue weighted by Crippen LogP contribution is -2.16. The Bertz CT molecular complexity index is 489. The third-order valence-corrected chi connectivity index (χ3v) is 1.09. The van der Waals surface area contributed by atoms with E-state index in [2.05, 4.69) is 0 Å². The molecule has 1 aromatic rings. The number of nitrogens with one attached hydrogen (secondary N) is 1. The smallest absolute Gasteiger partial charge is 0.115 e. The van der Waals surface area contributed by atoms with E-state index in [9.17, 15) is 10.2 Å². The molecule has 0 amide bonds. The highest BCUT2D eigenvalue weighted by Crippen LogP contribution is 2.17. The normalized spacial score (nSPS) is 25.0. The summed E-state index contributed by atoms with van der Waals surface area (Å²) in [6.07, 6.45) is -3.07. The van der Waals surface area contributed by atoms with Crippen LogP contribution in [0.5, 0.6) is 5.75 Å². The molecule has 0 fully saturated rings. The molecule has 1 aromatic carbocycles. The van der Waals surface area contributed by atoms with Crippen LogP contribution >= 0.6 is 0 Å². The Labute approximate surface area is 81.5 Å². The topological polar surface area (TPSA) is 52.5 Å². The molecule has 12 heavy (non-hydrogen) atoms. The number of phenolic OH excluding ortho intramolecular Hbond substituents is 1. The molecule has 3 nitrogen and oxygen atoms in total. The zero-order valence-corrected chi connectivity index (χ0v) is 6.39. The van der Waals surface area contributed by atoms with Gasteiger partial charge in [-0.2, -0.15) is 0 Å². The van der Waals surface area contributed by atoms with Crippen LogP contribution in [0.4, 0.5) is 0 Å². The van der Waals surface area contributed by atoms with E-state index < -0.39 is 48.1 Å². The molecule has 0 radical (unpaired) electrons. The SMILES string of the molecule is [2H]c1c([2H])c(O)c([2H])c([C@]([2H])(O)C([2H])([2H])NC)c1[2H]. The molecule has 0 heterocycles. The van der Waals surface area contributed by atoms with Crippen LogP contribution in [0.15, 0.2) is 24.2 Å². The molecular formula is C9H13NO2. The first-order chi connectivity index (χ1) is 8.49. The average Bonchev–Trinajstić information content (AvgIpc) is 2.33. The minimum Gasteiger partial charge on any atom is -0.508 e. The van der Waals surface area contributed by atoms with Gasteiger partial charge in [0, 0.05) is 9.24 Å². The van der Waals surface area contributed by atoms with Gasteiger partial charge in [-0.3, -0.25) is 0 Å². The highest BCUT2D eigenvalue weighted by Gasteiger charge is 2.05. The highest BCUT2D eigenvalue weighted by atomic mass is 16.3. The standard InChI is InChI=1S/C9H13NO2/c1-10-6-9(12)7-3-2-4-8(11)5-7/h2-5,9-12H,6H2,1H3/t9-/m1/s1/i2D,3D,4D,5D,6D2,9D. The predicted octanol–water partition coefficient (Wildman–Crippen LogP) is 0.645. The Kier molecular flexibility index (Phi) is 1.14. The van der Waals surface area contributed by atoms with Crippen LogP contribution in [-0.2, 0) is 0 Å². The molecular weight excluding hydrogens is 154 g/mol. The van der Waals surface area contributed by atoms with Crippen molar-refractivity contribution < 1.29 is 19.8 Å². The number of rotatable bonds is 3. The van der Waals surface area contributed by atoms with E-state index in [4.69, 9.17) is 9.60 Å². The number of likely N-dealkylation sites (N-methyl/N-ethyl adjacent to an activating group) is 1. The molecule has 0 saturated heterocycles. The molecule has 0 spiro atoms. The molecule has 0 aliphatic rings. The van der Waals surface area contributed by atoms with Crippen molar-refractivity contribution in [3.63, 3.8) is 0 Å². The van der Waals surface area contributed by atoms with Crippen LogP contribution in [0, 0.1) is 0 Å². The van der Waals surface area contributed by atoms with Gasteiger partial charge in [0.05, 0.1) is 12.9 Å². The van der Waals surface area contributed by atoms with Crippen LogP contribution in [-0.4, -0.2) is 23.8 Å². The van der Waals surface area contributed by atoms with Gasteiger partial charge in [0.1, 0.15) is 5.75 Å². The number of aliphatic hydroxyl groups is 1. The van der Waals surface area contributed by atoms with Crippen molar-refractivity contribution in [2.24, 2.45) is 0 Å². The number of hydrogen-bond donors (Lipinski definition) is 3. The van der Waals surface area contributed by atoms with Gasteiger partial charge in [0.25, 0.3) is 0 Å². The summed E-state index contributed by atoms with van der Waals surface area (Å²) >= 11 is 0. The van der Waals surface area contributed by atoms with Crippen molar-refractivity contribution in [1.82, 2.24) is 5.32 Å². The van der Waals surface area contributed by atoms with E-state index in [1.165, 1.54) is 0 Å². The van der Waals surface area contributed by atoms with E-state index in [0.717, 1.165) is 7.05 Å². The first-order valence-electron chi connectivity index (χ1n) is 6.70. The van der Waals surface area contributed by atoms with Crippen LogP contribution in [0.1, 0.15) is 21.2 Å². The Balaban J connectivity index is 3.70. The van der Waals surface area contributed by atoms with Gasteiger partial charge in [-0.25, -0.2) is 0 Å². The molecule has 0 aromatic heterocycles. The lowest BCUT2D eigenvalue weighted by atomic mass is 10.1. The number of benzene rings is 1. The van der Waals surface area contributed by atoms with Crippen molar-refractivity contribution in [3.8, 4) is 5.75 Å². The van der Waals surface area contributed by atoms with Crippen LogP contribution < -0.4 is 5.32 Å². The summed E-state index contributed by atoms with van der Waals surface area (Å²) < 4.78 is 52.4. The summed E-state index contributed by atoms with van der Waals surface area (Å²) in [5.74, 6) is -0.978. The van der Waals surface area contributed by atoms with Gasteiger partial charge >= 0.3 is 0 Å². The zero-order valence-electron chi connectivity index (χ0n) is 13.4. The number of aromatic hydroxyl groups is 1. The molecule has 0 unspecified atom stereocenters. The molecule has 1 atom stereocenters. The summed E-state index contributed by atoms with van der Waals surface area (Å²) in [6.45, 7) is -2.72. The molecule has 3 N–H and O–H groups in total. The Morgan fingerprint density at radius 3 is 3.25 bits per heavy atom. The molecule has 0 saturated carbocycles. The lowest BCUT2D eigenvalue weighted by molar-refractivity contribution is 0.177. The summed E-state index contributed by atoms with van der Waals surface area (Å²) in [5.41, 5.74) is -0.870. The van der Waals surface area contributed by atoms with Gasteiger partial charge in [0.15, 0.2) is 0 Å². The predicted molar refractivity (Wildman–Crippen MR) is 47.0 cm³/mol. The fourth-order valence-corrected chi connectivity index (χ4v) is 0.633. The number of phenols is 1. The van der Waals surface area contributed by atoms with Gasteiger partial charge in [-0.15, -0.1) is 0 Å². The van der Waals surface area contributed by atoms with Crippen molar-refractivity contribution >= 4 is 0 Å².